The average molecular weight is 288 g/mol. The maximum Gasteiger partial charge on any atom is 0.120 e. The monoisotopic (exact) mass is 288 g/mol. The van der Waals surface area contributed by atoms with Gasteiger partial charge in [0.25, 0.3) is 0 Å². The predicted octanol–water partition coefficient (Wildman–Crippen LogP) is 1.49. The molecule has 1 atom stereocenters. The highest BCUT2D eigenvalue weighted by atomic mass is 16.5. The second kappa shape index (κ2) is 8.68. The highest BCUT2D eigenvalue weighted by Crippen LogP contribution is 2.14. The van der Waals surface area contributed by atoms with E-state index in [9.17, 15) is 0 Å². The second-order valence-corrected chi connectivity index (χ2v) is 5.06. The maximum atomic E-state index is 5.84. The summed E-state index contributed by atoms with van der Waals surface area (Å²) in [6.45, 7) is 6.84. The van der Waals surface area contributed by atoms with Crippen molar-refractivity contribution in [1.29, 1.82) is 0 Å². The van der Waals surface area contributed by atoms with Gasteiger partial charge in [0.05, 0.1) is 19.8 Å². The minimum absolute atomic E-state index is 0.376. The van der Waals surface area contributed by atoms with Crippen molar-refractivity contribution in [3.05, 3.63) is 29.8 Å². The molecule has 4 nitrogen and oxygen atoms in total. The number of rotatable bonds is 5. The Morgan fingerprint density at radius 3 is 3.19 bits per heavy atom. The van der Waals surface area contributed by atoms with E-state index in [4.69, 9.17) is 15.2 Å². The molecule has 0 amide bonds. The molecule has 1 fully saturated rings. The summed E-state index contributed by atoms with van der Waals surface area (Å²) in [5.41, 5.74) is 6.32. The standard InChI is InChI=1S/C17H24N2O2/c1-2-16-14-20-11-9-19(16)10-12-21-17-7-3-5-15(13-17)6-4-8-18/h3,5,7,13,16H,2,8-12,14,18H2,1H3. The summed E-state index contributed by atoms with van der Waals surface area (Å²) in [7, 11) is 0. The lowest BCUT2D eigenvalue weighted by atomic mass is 10.2. The molecule has 1 unspecified atom stereocenters. The Kier molecular flexibility index (Phi) is 6.55. The van der Waals surface area contributed by atoms with E-state index >= 15 is 0 Å². The molecule has 0 aromatic heterocycles. The summed E-state index contributed by atoms with van der Waals surface area (Å²) in [6.07, 6.45) is 1.12. The van der Waals surface area contributed by atoms with E-state index in [-0.39, 0.29) is 0 Å². The third-order valence-corrected chi connectivity index (χ3v) is 3.64. The molecule has 1 aromatic carbocycles. The van der Waals surface area contributed by atoms with Crippen molar-refractivity contribution in [2.45, 2.75) is 19.4 Å². The van der Waals surface area contributed by atoms with E-state index in [1.54, 1.807) is 0 Å². The average Bonchev–Trinajstić information content (AvgIpc) is 2.54. The van der Waals surface area contributed by atoms with Crippen LogP contribution in [0.15, 0.2) is 24.3 Å². The van der Waals surface area contributed by atoms with Gasteiger partial charge in [-0.1, -0.05) is 24.8 Å². The number of benzene rings is 1. The number of nitrogens with zero attached hydrogens (tertiary/aromatic N) is 1. The molecule has 1 heterocycles. The number of ether oxygens (including phenoxy) is 2. The Balaban J connectivity index is 1.82. The maximum absolute atomic E-state index is 5.84. The van der Waals surface area contributed by atoms with Gasteiger partial charge in [-0.05, 0) is 24.6 Å². The van der Waals surface area contributed by atoms with Crippen molar-refractivity contribution in [2.24, 2.45) is 5.73 Å². The quantitative estimate of drug-likeness (QED) is 0.834. The molecule has 0 saturated carbocycles. The Labute approximate surface area is 127 Å². The first-order valence-electron chi connectivity index (χ1n) is 7.57. The van der Waals surface area contributed by atoms with Gasteiger partial charge < -0.3 is 15.2 Å². The lowest BCUT2D eigenvalue weighted by Crippen LogP contribution is -2.46. The molecular weight excluding hydrogens is 264 g/mol. The van der Waals surface area contributed by atoms with Crippen molar-refractivity contribution >= 4 is 0 Å². The summed E-state index contributed by atoms with van der Waals surface area (Å²) in [6, 6.07) is 8.36. The van der Waals surface area contributed by atoms with Gasteiger partial charge in [0.1, 0.15) is 12.4 Å². The first-order chi connectivity index (χ1) is 10.3. The molecule has 1 aromatic rings. The van der Waals surface area contributed by atoms with Gasteiger partial charge in [-0.3, -0.25) is 4.90 Å². The van der Waals surface area contributed by atoms with Crippen molar-refractivity contribution in [2.75, 3.05) is 39.5 Å². The third-order valence-electron chi connectivity index (χ3n) is 3.64. The van der Waals surface area contributed by atoms with Gasteiger partial charge in [-0.2, -0.15) is 0 Å². The lowest BCUT2D eigenvalue weighted by Gasteiger charge is -2.34. The Morgan fingerprint density at radius 1 is 1.48 bits per heavy atom. The minimum atomic E-state index is 0.376. The van der Waals surface area contributed by atoms with Crippen LogP contribution in [-0.4, -0.2) is 50.4 Å². The molecule has 0 spiro atoms. The molecule has 1 aliphatic rings. The van der Waals surface area contributed by atoms with Crippen molar-refractivity contribution in [3.63, 3.8) is 0 Å². The van der Waals surface area contributed by atoms with Crippen LogP contribution in [0.1, 0.15) is 18.9 Å². The van der Waals surface area contributed by atoms with E-state index in [1.807, 2.05) is 24.3 Å². The summed E-state index contributed by atoms with van der Waals surface area (Å²) in [5, 5.41) is 0. The first kappa shape index (κ1) is 15.8. The van der Waals surface area contributed by atoms with Gasteiger partial charge in [0, 0.05) is 24.7 Å². The van der Waals surface area contributed by atoms with Crippen LogP contribution in [0.3, 0.4) is 0 Å². The Bertz CT molecular complexity index is 493. The predicted molar refractivity (Wildman–Crippen MR) is 84.3 cm³/mol. The Hall–Kier alpha value is -1.54. The Morgan fingerprint density at radius 2 is 2.38 bits per heavy atom. The summed E-state index contributed by atoms with van der Waals surface area (Å²) >= 11 is 0. The second-order valence-electron chi connectivity index (χ2n) is 5.06. The zero-order chi connectivity index (χ0) is 14.9. The number of morpholine rings is 1. The normalized spacial score (nSPS) is 18.9. The van der Waals surface area contributed by atoms with Gasteiger partial charge in [0.2, 0.25) is 0 Å². The van der Waals surface area contributed by atoms with E-state index < -0.39 is 0 Å². The van der Waals surface area contributed by atoms with Gasteiger partial charge in [-0.25, -0.2) is 0 Å². The van der Waals surface area contributed by atoms with Crippen molar-refractivity contribution < 1.29 is 9.47 Å². The van der Waals surface area contributed by atoms with Crippen LogP contribution in [0.2, 0.25) is 0 Å². The summed E-state index contributed by atoms with van der Waals surface area (Å²) in [5.74, 6) is 6.73. The fourth-order valence-corrected chi connectivity index (χ4v) is 2.46. The van der Waals surface area contributed by atoms with Gasteiger partial charge in [-0.15, -0.1) is 0 Å². The lowest BCUT2D eigenvalue weighted by molar-refractivity contribution is -0.0132. The number of hydrogen-bond donors (Lipinski definition) is 1. The zero-order valence-electron chi connectivity index (χ0n) is 12.7. The van der Waals surface area contributed by atoms with Crippen LogP contribution in [0.4, 0.5) is 0 Å². The van der Waals surface area contributed by atoms with Gasteiger partial charge in [0.15, 0.2) is 0 Å². The smallest absolute Gasteiger partial charge is 0.120 e. The van der Waals surface area contributed by atoms with Crippen LogP contribution in [0.25, 0.3) is 0 Å². The van der Waals surface area contributed by atoms with Crippen LogP contribution in [0, 0.1) is 11.8 Å². The molecule has 0 radical (unpaired) electrons. The van der Waals surface area contributed by atoms with E-state index in [1.165, 1.54) is 0 Å². The topological polar surface area (TPSA) is 47.7 Å². The van der Waals surface area contributed by atoms with Crippen molar-refractivity contribution in [1.82, 2.24) is 4.90 Å². The molecular formula is C17H24N2O2. The third kappa shape index (κ3) is 5.05. The molecule has 2 rings (SSSR count). The van der Waals surface area contributed by atoms with Crippen LogP contribution in [-0.2, 0) is 4.74 Å². The van der Waals surface area contributed by atoms with E-state index in [2.05, 4.69) is 23.7 Å². The molecule has 21 heavy (non-hydrogen) atoms. The minimum Gasteiger partial charge on any atom is -0.492 e. The molecule has 0 aliphatic carbocycles. The largest absolute Gasteiger partial charge is 0.492 e. The highest BCUT2D eigenvalue weighted by Gasteiger charge is 2.20. The van der Waals surface area contributed by atoms with Crippen LogP contribution < -0.4 is 10.5 Å². The van der Waals surface area contributed by atoms with Gasteiger partial charge >= 0.3 is 0 Å². The SMILES string of the molecule is CCC1COCCN1CCOc1cccc(C#CCN)c1. The summed E-state index contributed by atoms with van der Waals surface area (Å²) in [4.78, 5) is 2.45. The molecule has 0 bridgehead atoms. The van der Waals surface area contributed by atoms with E-state index in [0.29, 0.717) is 19.2 Å². The molecule has 114 valence electrons. The molecule has 1 aliphatic heterocycles. The van der Waals surface area contributed by atoms with Crippen LogP contribution in [0.5, 0.6) is 5.75 Å². The number of hydrogen-bond acceptors (Lipinski definition) is 4. The number of nitrogens with two attached hydrogens (primary N) is 1. The van der Waals surface area contributed by atoms with Crippen molar-refractivity contribution in [3.8, 4) is 17.6 Å². The molecule has 2 N–H and O–H groups in total. The van der Waals surface area contributed by atoms with E-state index in [0.717, 1.165) is 44.0 Å². The fraction of sp³-hybridized carbons (Fsp3) is 0.529. The molecule has 1 saturated heterocycles. The van der Waals surface area contributed by atoms with Crippen LogP contribution >= 0.6 is 0 Å². The highest BCUT2D eigenvalue weighted by molar-refractivity contribution is 5.39. The fourth-order valence-electron chi connectivity index (χ4n) is 2.46. The zero-order valence-corrected chi connectivity index (χ0v) is 12.7. The molecule has 4 heteroatoms. The first-order valence-corrected chi connectivity index (χ1v) is 7.57. The summed E-state index contributed by atoms with van der Waals surface area (Å²) < 4.78 is 11.4.